The Labute approximate surface area is 228 Å². The second-order valence-corrected chi connectivity index (χ2v) is 13.5. The van der Waals surface area contributed by atoms with Crippen molar-refractivity contribution in [2.45, 2.75) is 131 Å². The van der Waals surface area contributed by atoms with Crippen LogP contribution in [0.2, 0.25) is 0 Å². The van der Waals surface area contributed by atoms with Crippen LogP contribution < -0.4 is 0 Å². The number of aliphatic hydroxyl groups is 3. The predicted octanol–water partition coefficient (Wildman–Crippen LogP) is 6.28. The van der Waals surface area contributed by atoms with Gasteiger partial charge in [-0.05, 0) is 105 Å². The molecule has 0 aromatic heterocycles. The van der Waals surface area contributed by atoms with E-state index in [0.29, 0.717) is 66.5 Å². The molecule has 14 atom stereocenters. The van der Waals surface area contributed by atoms with Crippen molar-refractivity contribution in [3.05, 3.63) is 0 Å². The van der Waals surface area contributed by atoms with Gasteiger partial charge in [0, 0.05) is 6.42 Å². The SMILES string of the molecule is CC.CC1CCC2C(CO1)[C@H](C(C)C(O)C(O)C(C)[C@@H]1CC[C@@H](C)C3CC[C@@](C)(O)OCC31)CC[C@H]2C. The molecule has 2 heterocycles. The quantitative estimate of drug-likeness (QED) is 0.394. The summed E-state index contributed by atoms with van der Waals surface area (Å²) in [6, 6.07) is 0. The second-order valence-electron chi connectivity index (χ2n) is 13.5. The Bertz CT molecular complexity index is 682. The standard InChI is InChI=1S/C30H54O5.C2H6/c1-17-7-10-24(26-15-34-19(3)9-12-22(17)26)20(4)28(31)29(32)21(5)25-11-8-18(2)23-13-14-30(6,33)35-16-27(23)25;1-2/h17-29,31-33H,7-16H2,1-6H3;1-2H3/t17-,18-,19?,20?,21?,22?,23?,24+,25+,26?,27?,28?,29?,30+;/m1./s1. The molecule has 0 bridgehead atoms. The zero-order valence-electron chi connectivity index (χ0n) is 25.2. The van der Waals surface area contributed by atoms with E-state index in [-0.39, 0.29) is 11.8 Å². The smallest absolute Gasteiger partial charge is 0.162 e. The van der Waals surface area contributed by atoms with Gasteiger partial charge in [0.05, 0.1) is 31.5 Å². The van der Waals surface area contributed by atoms with Gasteiger partial charge >= 0.3 is 0 Å². The summed E-state index contributed by atoms with van der Waals surface area (Å²) in [4.78, 5) is 0. The van der Waals surface area contributed by atoms with Gasteiger partial charge in [-0.15, -0.1) is 0 Å². The highest BCUT2D eigenvalue weighted by atomic mass is 16.6. The highest BCUT2D eigenvalue weighted by Gasteiger charge is 2.48. The summed E-state index contributed by atoms with van der Waals surface area (Å²) >= 11 is 0. The Hall–Kier alpha value is -0.200. The molecule has 5 heteroatoms. The predicted molar refractivity (Wildman–Crippen MR) is 150 cm³/mol. The van der Waals surface area contributed by atoms with E-state index in [1.807, 2.05) is 13.8 Å². The topological polar surface area (TPSA) is 79.2 Å². The summed E-state index contributed by atoms with van der Waals surface area (Å²) < 4.78 is 12.2. The van der Waals surface area contributed by atoms with E-state index in [1.165, 1.54) is 12.8 Å². The molecule has 4 rings (SSSR count). The first kappa shape index (κ1) is 31.3. The van der Waals surface area contributed by atoms with Crippen LogP contribution in [0.15, 0.2) is 0 Å². The zero-order valence-corrected chi connectivity index (χ0v) is 25.2. The molecule has 4 fully saturated rings. The van der Waals surface area contributed by atoms with Crippen molar-refractivity contribution >= 4 is 0 Å². The van der Waals surface area contributed by atoms with Crippen LogP contribution in [0.3, 0.4) is 0 Å². The molecule has 4 aliphatic rings. The molecule has 2 aliphatic carbocycles. The number of aliphatic hydroxyl groups excluding tert-OH is 2. The summed E-state index contributed by atoms with van der Waals surface area (Å²) in [6.07, 6.45) is 7.39. The van der Waals surface area contributed by atoms with E-state index in [2.05, 4.69) is 34.6 Å². The lowest BCUT2D eigenvalue weighted by molar-refractivity contribution is -0.198. The lowest BCUT2D eigenvalue weighted by Crippen LogP contribution is -2.49. The fourth-order valence-corrected chi connectivity index (χ4v) is 8.74. The third-order valence-electron chi connectivity index (χ3n) is 11.4. The summed E-state index contributed by atoms with van der Waals surface area (Å²) in [5.41, 5.74) is 0. The van der Waals surface area contributed by atoms with Crippen molar-refractivity contribution in [1.82, 2.24) is 0 Å². The van der Waals surface area contributed by atoms with E-state index in [9.17, 15) is 15.3 Å². The highest BCUT2D eigenvalue weighted by molar-refractivity contribution is 4.96. The Balaban J connectivity index is 0.00000186. The van der Waals surface area contributed by atoms with Gasteiger partial charge < -0.3 is 24.8 Å². The molecule has 2 saturated carbocycles. The average Bonchev–Trinajstić information content (AvgIpc) is 3.18. The van der Waals surface area contributed by atoms with Crippen LogP contribution >= 0.6 is 0 Å². The van der Waals surface area contributed by atoms with Crippen molar-refractivity contribution < 1.29 is 24.8 Å². The monoisotopic (exact) mass is 524 g/mol. The molecule has 2 aliphatic heterocycles. The van der Waals surface area contributed by atoms with Crippen LogP contribution in [0.1, 0.15) is 107 Å². The van der Waals surface area contributed by atoms with Crippen LogP contribution in [0.4, 0.5) is 0 Å². The molecule has 0 aromatic carbocycles. The van der Waals surface area contributed by atoms with Crippen LogP contribution in [0.25, 0.3) is 0 Å². The van der Waals surface area contributed by atoms with Crippen molar-refractivity contribution in [3.8, 4) is 0 Å². The van der Waals surface area contributed by atoms with Gasteiger partial charge in [0.2, 0.25) is 0 Å². The van der Waals surface area contributed by atoms with E-state index >= 15 is 0 Å². The van der Waals surface area contributed by atoms with Gasteiger partial charge in [-0.1, -0.05) is 54.4 Å². The van der Waals surface area contributed by atoms with Crippen LogP contribution in [-0.4, -0.2) is 52.6 Å². The minimum atomic E-state index is -1.05. The fourth-order valence-electron chi connectivity index (χ4n) is 8.74. The molecule has 0 amide bonds. The van der Waals surface area contributed by atoms with Gasteiger partial charge in [-0.25, -0.2) is 0 Å². The lowest BCUT2D eigenvalue weighted by atomic mass is 9.59. The maximum absolute atomic E-state index is 11.5. The van der Waals surface area contributed by atoms with E-state index < -0.39 is 18.0 Å². The number of hydrogen-bond donors (Lipinski definition) is 3. The maximum Gasteiger partial charge on any atom is 0.162 e. The first-order chi connectivity index (χ1) is 17.5. The molecular formula is C32H60O5. The Morgan fingerprint density at radius 3 is 1.70 bits per heavy atom. The minimum absolute atomic E-state index is 0.00261. The number of hydrogen-bond acceptors (Lipinski definition) is 5. The molecule has 218 valence electrons. The van der Waals surface area contributed by atoms with Crippen molar-refractivity contribution in [2.75, 3.05) is 13.2 Å². The van der Waals surface area contributed by atoms with Crippen molar-refractivity contribution in [2.24, 2.45) is 59.2 Å². The zero-order chi connectivity index (χ0) is 27.5. The van der Waals surface area contributed by atoms with Crippen molar-refractivity contribution in [1.29, 1.82) is 0 Å². The molecular weight excluding hydrogens is 464 g/mol. The Morgan fingerprint density at radius 2 is 1.16 bits per heavy atom. The van der Waals surface area contributed by atoms with Crippen LogP contribution in [0.5, 0.6) is 0 Å². The van der Waals surface area contributed by atoms with Gasteiger partial charge in [0.25, 0.3) is 0 Å². The summed E-state index contributed by atoms with van der Waals surface area (Å²) in [5.74, 6) is 3.02. The Morgan fingerprint density at radius 1 is 0.676 bits per heavy atom. The molecule has 37 heavy (non-hydrogen) atoms. The molecule has 0 radical (unpaired) electrons. The second kappa shape index (κ2) is 13.4. The number of fused-ring (bicyclic) bond motifs is 2. The number of ether oxygens (including phenoxy) is 2. The summed E-state index contributed by atoms with van der Waals surface area (Å²) in [6.45, 7) is 18.4. The number of rotatable bonds is 5. The maximum atomic E-state index is 11.5. The highest BCUT2D eigenvalue weighted by Crippen LogP contribution is 2.50. The average molecular weight is 525 g/mol. The normalized spacial score (nSPS) is 46.0. The molecule has 2 saturated heterocycles. The van der Waals surface area contributed by atoms with Gasteiger partial charge in [-0.3, -0.25) is 0 Å². The van der Waals surface area contributed by atoms with Gasteiger partial charge in [0.1, 0.15) is 0 Å². The lowest BCUT2D eigenvalue weighted by Gasteiger charge is -2.47. The molecule has 9 unspecified atom stereocenters. The fraction of sp³-hybridized carbons (Fsp3) is 1.00. The third kappa shape index (κ3) is 7.12. The molecule has 5 nitrogen and oxygen atoms in total. The Kier molecular flexibility index (Phi) is 11.4. The largest absolute Gasteiger partial charge is 0.390 e. The molecule has 3 N–H and O–H groups in total. The van der Waals surface area contributed by atoms with E-state index in [0.717, 1.165) is 38.7 Å². The van der Waals surface area contributed by atoms with Crippen LogP contribution in [0, 0.1) is 59.2 Å². The van der Waals surface area contributed by atoms with E-state index in [4.69, 9.17) is 9.47 Å². The summed E-state index contributed by atoms with van der Waals surface area (Å²) in [7, 11) is 0. The minimum Gasteiger partial charge on any atom is -0.390 e. The first-order valence-electron chi connectivity index (χ1n) is 15.8. The van der Waals surface area contributed by atoms with Crippen molar-refractivity contribution in [3.63, 3.8) is 0 Å². The van der Waals surface area contributed by atoms with Gasteiger partial charge in [0.15, 0.2) is 5.79 Å². The van der Waals surface area contributed by atoms with Gasteiger partial charge in [-0.2, -0.15) is 0 Å². The summed E-state index contributed by atoms with van der Waals surface area (Å²) in [5, 5.41) is 33.6. The molecule has 0 aromatic rings. The third-order valence-corrected chi connectivity index (χ3v) is 11.4. The van der Waals surface area contributed by atoms with Crippen LogP contribution in [-0.2, 0) is 9.47 Å². The molecule has 0 spiro atoms. The van der Waals surface area contributed by atoms with E-state index in [1.54, 1.807) is 6.92 Å². The first-order valence-corrected chi connectivity index (χ1v) is 15.8.